The minimum absolute atomic E-state index is 0.0419. The number of rotatable bonds is 5. The van der Waals surface area contributed by atoms with Crippen molar-refractivity contribution >= 4 is 11.8 Å². The first-order valence-corrected chi connectivity index (χ1v) is 9.96. The Kier molecular flexibility index (Phi) is 6.15. The number of piperazine rings is 1. The highest BCUT2D eigenvalue weighted by Crippen LogP contribution is 2.25. The van der Waals surface area contributed by atoms with Crippen LogP contribution in [0.25, 0.3) is 11.1 Å². The van der Waals surface area contributed by atoms with Gasteiger partial charge < -0.3 is 10.6 Å². The Balaban J connectivity index is 1.85. The quantitative estimate of drug-likeness (QED) is 0.866. The van der Waals surface area contributed by atoms with E-state index in [1.54, 1.807) is 12.1 Å². The Morgan fingerprint density at radius 3 is 2.54 bits per heavy atom. The summed E-state index contributed by atoms with van der Waals surface area (Å²) in [4.78, 5) is 29.3. The first kappa shape index (κ1) is 20.1. The van der Waals surface area contributed by atoms with E-state index in [0.717, 1.165) is 37.2 Å². The Morgan fingerprint density at radius 2 is 1.86 bits per heavy atom. The van der Waals surface area contributed by atoms with Crippen LogP contribution in [0.1, 0.15) is 47.9 Å². The molecule has 28 heavy (non-hydrogen) atoms. The second-order valence-electron chi connectivity index (χ2n) is 7.64. The molecule has 2 aromatic carbocycles. The van der Waals surface area contributed by atoms with Crippen LogP contribution in [0, 0.1) is 0 Å². The average Bonchev–Trinajstić information content (AvgIpc) is 2.72. The molecule has 5 heteroatoms. The summed E-state index contributed by atoms with van der Waals surface area (Å²) in [6, 6.07) is 15.6. The Bertz CT molecular complexity index is 862. The van der Waals surface area contributed by atoms with Gasteiger partial charge in [-0.1, -0.05) is 37.3 Å². The van der Waals surface area contributed by atoms with Gasteiger partial charge in [-0.25, -0.2) is 0 Å². The lowest BCUT2D eigenvalue weighted by Gasteiger charge is -2.43. The van der Waals surface area contributed by atoms with Crippen molar-refractivity contribution in [3.05, 3.63) is 59.7 Å². The Morgan fingerprint density at radius 1 is 1.11 bits per heavy atom. The van der Waals surface area contributed by atoms with Crippen molar-refractivity contribution in [2.24, 2.45) is 5.73 Å². The van der Waals surface area contributed by atoms with Crippen LogP contribution in [-0.4, -0.2) is 53.3 Å². The van der Waals surface area contributed by atoms with E-state index in [2.05, 4.69) is 25.7 Å². The molecule has 1 heterocycles. The number of hydrogen-bond donors (Lipinski definition) is 1. The van der Waals surface area contributed by atoms with Crippen LogP contribution in [0.4, 0.5) is 0 Å². The molecule has 0 bridgehead atoms. The van der Waals surface area contributed by atoms with Crippen molar-refractivity contribution in [1.82, 2.24) is 9.80 Å². The van der Waals surface area contributed by atoms with Gasteiger partial charge in [0, 0.05) is 42.8 Å². The average molecular weight is 380 g/mol. The molecule has 0 unspecified atom stereocenters. The highest BCUT2D eigenvalue weighted by Gasteiger charge is 2.30. The maximum atomic E-state index is 13.2. The smallest absolute Gasteiger partial charge is 0.253 e. The molecule has 5 nitrogen and oxygen atoms in total. The second kappa shape index (κ2) is 8.57. The first-order chi connectivity index (χ1) is 13.4. The zero-order chi connectivity index (χ0) is 20.3. The van der Waals surface area contributed by atoms with Gasteiger partial charge in [0.05, 0.1) is 0 Å². The van der Waals surface area contributed by atoms with Crippen LogP contribution in [0.3, 0.4) is 0 Å². The van der Waals surface area contributed by atoms with Gasteiger partial charge in [-0.05, 0) is 49.6 Å². The Labute approximate surface area is 167 Å². The van der Waals surface area contributed by atoms with Crippen molar-refractivity contribution in [3.8, 4) is 11.1 Å². The molecule has 1 atom stereocenters. The number of primary amides is 1. The number of carbonyl (C=O) groups is 2. The molecule has 2 amide bonds. The Hall–Kier alpha value is -2.66. The van der Waals surface area contributed by atoms with E-state index >= 15 is 0 Å². The van der Waals surface area contributed by atoms with Crippen LogP contribution >= 0.6 is 0 Å². The fourth-order valence-corrected chi connectivity index (χ4v) is 4.05. The summed E-state index contributed by atoms with van der Waals surface area (Å²) >= 11 is 0. The molecule has 0 radical (unpaired) electrons. The van der Waals surface area contributed by atoms with Gasteiger partial charge >= 0.3 is 0 Å². The van der Waals surface area contributed by atoms with E-state index in [-0.39, 0.29) is 5.91 Å². The predicted molar refractivity (Wildman–Crippen MR) is 112 cm³/mol. The van der Waals surface area contributed by atoms with Crippen molar-refractivity contribution in [1.29, 1.82) is 0 Å². The van der Waals surface area contributed by atoms with Crippen molar-refractivity contribution in [2.75, 3.05) is 19.6 Å². The first-order valence-electron chi connectivity index (χ1n) is 9.96. The van der Waals surface area contributed by atoms with E-state index in [0.29, 0.717) is 23.2 Å². The van der Waals surface area contributed by atoms with Crippen LogP contribution in [-0.2, 0) is 0 Å². The standard InChI is InChI=1S/C23H29N3O2/c1-4-19-15-25(12-13-26(19)16(2)3)23(28)18-9-7-8-17(14-18)20-10-5-6-11-21(20)22(24)27/h5-11,14,16,19H,4,12-13,15H2,1-3H3,(H2,24,27)/t19-/m0/s1. The lowest BCUT2D eigenvalue weighted by atomic mass is 9.97. The van der Waals surface area contributed by atoms with Gasteiger partial charge in [-0.15, -0.1) is 0 Å². The molecular formula is C23H29N3O2. The molecule has 148 valence electrons. The topological polar surface area (TPSA) is 66.6 Å². The summed E-state index contributed by atoms with van der Waals surface area (Å²) in [5.41, 5.74) is 8.20. The number of benzene rings is 2. The van der Waals surface area contributed by atoms with E-state index in [4.69, 9.17) is 5.73 Å². The summed E-state index contributed by atoms with van der Waals surface area (Å²) in [6.45, 7) is 8.96. The normalized spacial score (nSPS) is 17.7. The van der Waals surface area contributed by atoms with Crippen LogP contribution in [0.2, 0.25) is 0 Å². The van der Waals surface area contributed by atoms with E-state index in [9.17, 15) is 9.59 Å². The molecule has 3 rings (SSSR count). The van der Waals surface area contributed by atoms with Gasteiger partial charge in [0.2, 0.25) is 5.91 Å². The largest absolute Gasteiger partial charge is 0.366 e. The second-order valence-corrected chi connectivity index (χ2v) is 7.64. The predicted octanol–water partition coefficient (Wildman–Crippen LogP) is 3.40. The third-order valence-corrected chi connectivity index (χ3v) is 5.56. The number of nitrogens with zero attached hydrogens (tertiary/aromatic N) is 2. The van der Waals surface area contributed by atoms with Crippen LogP contribution in [0.15, 0.2) is 48.5 Å². The number of amides is 2. The maximum Gasteiger partial charge on any atom is 0.253 e. The SMILES string of the molecule is CC[C@H]1CN(C(=O)c2cccc(-c3ccccc3C(N)=O)c2)CCN1C(C)C. The fourth-order valence-electron chi connectivity index (χ4n) is 4.05. The third-order valence-electron chi connectivity index (χ3n) is 5.56. The summed E-state index contributed by atoms with van der Waals surface area (Å²) < 4.78 is 0. The van der Waals surface area contributed by atoms with Gasteiger partial charge in [0.1, 0.15) is 0 Å². The zero-order valence-electron chi connectivity index (χ0n) is 16.9. The molecule has 1 fully saturated rings. The molecule has 1 aliphatic rings. The van der Waals surface area contributed by atoms with Gasteiger partial charge in [-0.2, -0.15) is 0 Å². The molecule has 0 spiro atoms. The molecule has 0 aliphatic carbocycles. The third kappa shape index (κ3) is 4.09. The minimum Gasteiger partial charge on any atom is -0.366 e. The van der Waals surface area contributed by atoms with Crippen LogP contribution in [0.5, 0.6) is 0 Å². The molecule has 1 saturated heterocycles. The molecule has 1 aliphatic heterocycles. The van der Waals surface area contributed by atoms with E-state index in [1.807, 2.05) is 41.3 Å². The van der Waals surface area contributed by atoms with E-state index < -0.39 is 5.91 Å². The number of nitrogens with two attached hydrogens (primary N) is 1. The van der Waals surface area contributed by atoms with Gasteiger partial charge in [0.25, 0.3) is 5.91 Å². The summed E-state index contributed by atoms with van der Waals surface area (Å²) in [6.07, 6.45) is 1.02. The highest BCUT2D eigenvalue weighted by molar-refractivity contribution is 6.01. The minimum atomic E-state index is -0.470. The lowest BCUT2D eigenvalue weighted by molar-refractivity contribution is 0.0371. The summed E-state index contributed by atoms with van der Waals surface area (Å²) in [7, 11) is 0. The molecule has 2 aromatic rings. The van der Waals surface area contributed by atoms with Crippen molar-refractivity contribution in [2.45, 2.75) is 39.3 Å². The van der Waals surface area contributed by atoms with Gasteiger partial charge in [-0.3, -0.25) is 14.5 Å². The molecule has 0 saturated carbocycles. The van der Waals surface area contributed by atoms with Crippen molar-refractivity contribution in [3.63, 3.8) is 0 Å². The number of hydrogen-bond acceptors (Lipinski definition) is 3. The lowest BCUT2D eigenvalue weighted by Crippen LogP contribution is -2.56. The molecular weight excluding hydrogens is 350 g/mol. The summed E-state index contributed by atoms with van der Waals surface area (Å²) in [5.74, 6) is -0.428. The number of carbonyl (C=O) groups excluding carboxylic acids is 2. The van der Waals surface area contributed by atoms with Gasteiger partial charge in [0.15, 0.2) is 0 Å². The van der Waals surface area contributed by atoms with E-state index in [1.165, 1.54) is 0 Å². The highest BCUT2D eigenvalue weighted by atomic mass is 16.2. The summed E-state index contributed by atoms with van der Waals surface area (Å²) in [5, 5.41) is 0. The maximum absolute atomic E-state index is 13.2. The van der Waals surface area contributed by atoms with Crippen LogP contribution < -0.4 is 5.73 Å². The molecule has 2 N–H and O–H groups in total. The van der Waals surface area contributed by atoms with Crippen molar-refractivity contribution < 1.29 is 9.59 Å². The fraction of sp³-hybridized carbons (Fsp3) is 0.391. The molecule has 0 aromatic heterocycles. The zero-order valence-corrected chi connectivity index (χ0v) is 16.9. The monoisotopic (exact) mass is 379 g/mol.